The number of nitrogens with one attached hydrogen (secondary N) is 2. The number of hydrogen-bond donors (Lipinski definition) is 3. The molecule has 13 nitrogen and oxygen atoms in total. The van der Waals surface area contributed by atoms with Crippen molar-refractivity contribution < 1.29 is 24.2 Å². The number of ether oxygens (including phenoxy) is 1. The zero-order valence-electron chi connectivity index (χ0n) is 20.9. The maximum atomic E-state index is 13.1. The highest BCUT2D eigenvalue weighted by atomic mass is 16.5. The summed E-state index contributed by atoms with van der Waals surface area (Å²) in [4.78, 5) is 46.7. The second-order valence-corrected chi connectivity index (χ2v) is 8.17. The third-order valence-corrected chi connectivity index (χ3v) is 5.17. The minimum atomic E-state index is -1.12. The third-order valence-electron chi connectivity index (χ3n) is 5.17. The number of hydrogen-bond acceptors (Lipinski definition) is 6. The van der Waals surface area contributed by atoms with Gasteiger partial charge < -0.3 is 24.6 Å². The van der Waals surface area contributed by atoms with Crippen molar-refractivity contribution in [1.29, 1.82) is 0 Å². The first-order valence-electron chi connectivity index (χ1n) is 11.3. The first-order chi connectivity index (χ1) is 17.1. The van der Waals surface area contributed by atoms with E-state index < -0.39 is 17.9 Å². The molecule has 0 radical (unpaired) electrons. The van der Waals surface area contributed by atoms with E-state index >= 15 is 0 Å². The molecule has 0 aliphatic heterocycles. The molecular formula is C23H30N8O5. The lowest BCUT2D eigenvalue weighted by molar-refractivity contribution is 0.0997. The number of imidazole rings is 1. The molecule has 3 aromatic rings. The molecule has 0 saturated heterocycles. The van der Waals surface area contributed by atoms with Gasteiger partial charge in [-0.1, -0.05) is 0 Å². The van der Waals surface area contributed by atoms with Crippen molar-refractivity contribution in [3.05, 3.63) is 35.2 Å². The zero-order valence-corrected chi connectivity index (χ0v) is 20.9. The number of amides is 3. The van der Waals surface area contributed by atoms with Gasteiger partial charge in [0.2, 0.25) is 5.95 Å². The van der Waals surface area contributed by atoms with Crippen LogP contribution in [0.15, 0.2) is 23.2 Å². The fraction of sp³-hybridized carbons (Fsp3) is 0.391. The van der Waals surface area contributed by atoms with E-state index in [4.69, 9.17) is 9.84 Å². The van der Waals surface area contributed by atoms with Crippen LogP contribution in [-0.4, -0.2) is 81.3 Å². The summed E-state index contributed by atoms with van der Waals surface area (Å²) in [6.45, 7) is 4.72. The zero-order chi connectivity index (χ0) is 26.4. The van der Waals surface area contributed by atoms with Gasteiger partial charge in [0.1, 0.15) is 17.0 Å². The Labute approximate surface area is 207 Å². The van der Waals surface area contributed by atoms with Crippen LogP contribution in [0.1, 0.15) is 39.9 Å². The fourth-order valence-electron chi connectivity index (χ4n) is 3.63. The largest absolute Gasteiger partial charge is 0.494 e. The first kappa shape index (κ1) is 26.2. The lowest BCUT2D eigenvalue weighted by atomic mass is 10.1. The topological polar surface area (TPSA) is 156 Å². The number of carbonyl (C=O) groups excluding carboxylic acids is 2. The summed E-state index contributed by atoms with van der Waals surface area (Å²) < 4.78 is 8.88. The van der Waals surface area contributed by atoms with E-state index in [-0.39, 0.29) is 18.1 Å². The molecule has 0 atom stereocenters. The number of aliphatic imine (C=N–C) groups is 1. The molecule has 0 saturated carbocycles. The quantitative estimate of drug-likeness (QED) is 0.218. The summed E-state index contributed by atoms with van der Waals surface area (Å²) in [5.41, 5.74) is 2.32. The van der Waals surface area contributed by atoms with Gasteiger partial charge in [-0.25, -0.2) is 9.78 Å². The van der Waals surface area contributed by atoms with Crippen LogP contribution in [-0.2, 0) is 13.1 Å². The maximum Gasteiger partial charge on any atom is 0.404 e. The van der Waals surface area contributed by atoms with Crippen molar-refractivity contribution in [2.45, 2.75) is 33.4 Å². The molecule has 0 fully saturated rings. The van der Waals surface area contributed by atoms with Gasteiger partial charge in [-0.15, -0.1) is 0 Å². The van der Waals surface area contributed by atoms with E-state index in [9.17, 15) is 14.4 Å². The Balaban J connectivity index is 2.05. The number of fused-ring (bicyclic) bond motifs is 1. The first-order valence-corrected chi connectivity index (χ1v) is 11.3. The van der Waals surface area contributed by atoms with Crippen LogP contribution in [0.5, 0.6) is 5.75 Å². The number of carbonyl (C=O) groups is 3. The highest BCUT2D eigenvalue weighted by Crippen LogP contribution is 2.31. The van der Waals surface area contributed by atoms with Crippen LogP contribution < -0.4 is 15.4 Å². The minimum Gasteiger partial charge on any atom is -0.494 e. The number of aryl methyl sites for hydroxylation is 3. The Hall–Kier alpha value is -4.42. The van der Waals surface area contributed by atoms with E-state index in [2.05, 4.69) is 25.7 Å². The number of methoxy groups -OCH3 is 1. The molecule has 2 heterocycles. The average molecular weight is 499 g/mol. The van der Waals surface area contributed by atoms with Crippen LogP contribution in [0.2, 0.25) is 0 Å². The Bertz CT molecular complexity index is 1310. The van der Waals surface area contributed by atoms with Crippen molar-refractivity contribution >= 4 is 41.2 Å². The van der Waals surface area contributed by atoms with E-state index in [1.807, 2.05) is 6.92 Å². The van der Waals surface area contributed by atoms with Crippen LogP contribution in [0, 0.1) is 6.92 Å². The van der Waals surface area contributed by atoms with E-state index in [0.717, 1.165) is 0 Å². The average Bonchev–Trinajstić information content (AvgIpc) is 3.38. The summed E-state index contributed by atoms with van der Waals surface area (Å²) >= 11 is 0. The summed E-state index contributed by atoms with van der Waals surface area (Å²) in [5, 5.41) is 18.3. The Morgan fingerprint density at radius 1 is 1.25 bits per heavy atom. The molecule has 3 N–H and O–H groups in total. The van der Waals surface area contributed by atoms with Crippen molar-refractivity contribution in [3.8, 4) is 5.75 Å². The van der Waals surface area contributed by atoms with E-state index in [1.165, 1.54) is 13.4 Å². The summed E-state index contributed by atoms with van der Waals surface area (Å²) in [7, 11) is 4.97. The van der Waals surface area contributed by atoms with Crippen LogP contribution in [0.25, 0.3) is 11.0 Å². The van der Waals surface area contributed by atoms with Crippen molar-refractivity contribution in [3.63, 3.8) is 0 Å². The normalized spacial score (nSPS) is 11.1. The number of benzene rings is 1. The molecule has 0 bridgehead atoms. The number of aromatic nitrogens is 4. The highest BCUT2D eigenvalue weighted by Gasteiger charge is 2.21. The van der Waals surface area contributed by atoms with Crippen molar-refractivity contribution in [2.24, 2.45) is 4.99 Å². The van der Waals surface area contributed by atoms with Crippen LogP contribution in [0.4, 0.5) is 10.7 Å². The monoisotopic (exact) mass is 498 g/mol. The van der Waals surface area contributed by atoms with Gasteiger partial charge in [-0.3, -0.25) is 19.6 Å². The lowest BCUT2D eigenvalue weighted by Gasteiger charge is -2.12. The molecule has 2 aromatic heterocycles. The number of carboxylic acid groups (broad SMARTS) is 1. The van der Waals surface area contributed by atoms with Gasteiger partial charge in [-0.05, 0) is 38.5 Å². The predicted octanol–water partition coefficient (Wildman–Crippen LogP) is 2.21. The van der Waals surface area contributed by atoms with Gasteiger partial charge in [0.15, 0.2) is 0 Å². The molecule has 3 rings (SSSR count). The fourth-order valence-corrected chi connectivity index (χ4v) is 3.63. The molecular weight excluding hydrogens is 468 g/mol. The van der Waals surface area contributed by atoms with Gasteiger partial charge in [0.25, 0.3) is 11.8 Å². The lowest BCUT2D eigenvalue weighted by Crippen LogP contribution is -2.23. The number of anilines is 1. The number of nitrogens with zero attached hydrogens (tertiary/aromatic N) is 6. The van der Waals surface area contributed by atoms with Crippen molar-refractivity contribution in [1.82, 2.24) is 29.5 Å². The molecule has 0 unspecified atom stereocenters. The molecule has 13 heteroatoms. The third kappa shape index (κ3) is 5.98. The van der Waals surface area contributed by atoms with Gasteiger partial charge in [0, 0.05) is 39.3 Å². The molecule has 3 amide bonds. The van der Waals surface area contributed by atoms with E-state index in [0.29, 0.717) is 47.7 Å². The highest BCUT2D eigenvalue weighted by molar-refractivity contribution is 6.05. The summed E-state index contributed by atoms with van der Waals surface area (Å²) in [5.74, 6) is -0.281. The number of rotatable bonds is 10. The van der Waals surface area contributed by atoms with Gasteiger partial charge in [0.05, 0.1) is 24.7 Å². The molecule has 192 valence electrons. The van der Waals surface area contributed by atoms with Crippen molar-refractivity contribution in [2.75, 3.05) is 33.1 Å². The summed E-state index contributed by atoms with van der Waals surface area (Å²) in [6, 6.07) is 4.82. The maximum absolute atomic E-state index is 13.1. The Morgan fingerprint density at radius 3 is 2.64 bits per heavy atom. The molecule has 0 aliphatic carbocycles. The Kier molecular flexibility index (Phi) is 8.25. The van der Waals surface area contributed by atoms with Crippen LogP contribution >= 0.6 is 0 Å². The minimum absolute atomic E-state index is 0.197. The van der Waals surface area contributed by atoms with Gasteiger partial charge >= 0.3 is 6.09 Å². The second-order valence-electron chi connectivity index (χ2n) is 8.17. The van der Waals surface area contributed by atoms with Crippen LogP contribution in [0.3, 0.4) is 0 Å². The molecule has 36 heavy (non-hydrogen) atoms. The van der Waals surface area contributed by atoms with E-state index in [1.54, 1.807) is 53.4 Å². The molecule has 0 aliphatic rings. The molecule has 0 spiro atoms. The standard InChI is InChI=1S/C23H30N8O5/c1-6-31-17(10-14(2)28-31)21(33)27-22-26-16-11-15(20(32)25-13-29(3)4)12-18(36-5)19(16)30(22)9-7-8-24-23(34)35/h10-13,24H,6-9H2,1-5H3,(H,34,35)(H,26,27,33)/b25-13+. The predicted molar refractivity (Wildman–Crippen MR) is 134 cm³/mol. The van der Waals surface area contributed by atoms with Gasteiger partial charge in [-0.2, -0.15) is 10.1 Å². The molecule has 1 aromatic carbocycles. The Morgan fingerprint density at radius 2 is 2.00 bits per heavy atom. The SMILES string of the molecule is CCn1nc(C)cc1C(=O)Nc1nc2cc(C(=O)/N=C/N(C)C)cc(OC)c2n1CCCNC(=O)O. The smallest absolute Gasteiger partial charge is 0.404 e. The summed E-state index contributed by atoms with van der Waals surface area (Å²) in [6.07, 6.45) is 0.697. The second kappa shape index (κ2) is 11.3.